The van der Waals surface area contributed by atoms with Crippen LogP contribution in [-0.4, -0.2) is 49.9 Å². The molecule has 160 valence electrons. The zero-order valence-electron chi connectivity index (χ0n) is 16.0. The van der Waals surface area contributed by atoms with E-state index in [0.717, 1.165) is 6.07 Å². The zero-order valence-corrected chi connectivity index (χ0v) is 16.0. The van der Waals surface area contributed by atoms with Crippen molar-refractivity contribution in [2.24, 2.45) is 0 Å². The standard InChI is InChI=1S/C21H20F4N2O3/c22-15-4-6-16(7-5-15)30-13-8-20(29)27-11-9-26(10-12-27)19-3-1-2-18(17(19)14-28)21(23,24)25/h1-7,14H,8-13H2. The van der Waals surface area contributed by atoms with Gasteiger partial charge in [0, 0.05) is 37.4 Å². The van der Waals surface area contributed by atoms with Crippen molar-refractivity contribution in [3.8, 4) is 5.75 Å². The summed E-state index contributed by atoms with van der Waals surface area (Å²) in [6.45, 7) is 1.40. The van der Waals surface area contributed by atoms with Crippen LogP contribution in [0.25, 0.3) is 0 Å². The number of aldehydes is 1. The number of anilines is 1. The van der Waals surface area contributed by atoms with Crippen LogP contribution < -0.4 is 9.64 Å². The highest BCUT2D eigenvalue weighted by Gasteiger charge is 2.35. The van der Waals surface area contributed by atoms with Gasteiger partial charge in [0.1, 0.15) is 11.6 Å². The van der Waals surface area contributed by atoms with E-state index in [1.165, 1.54) is 36.4 Å². The second-order valence-electron chi connectivity index (χ2n) is 6.77. The van der Waals surface area contributed by atoms with Crippen LogP contribution in [0.1, 0.15) is 22.3 Å². The molecule has 0 atom stereocenters. The monoisotopic (exact) mass is 424 g/mol. The molecule has 0 unspecified atom stereocenters. The van der Waals surface area contributed by atoms with Crippen molar-refractivity contribution >= 4 is 17.9 Å². The van der Waals surface area contributed by atoms with E-state index in [1.54, 1.807) is 9.80 Å². The summed E-state index contributed by atoms with van der Waals surface area (Å²) in [5, 5.41) is 0. The highest BCUT2D eigenvalue weighted by molar-refractivity contribution is 5.87. The van der Waals surface area contributed by atoms with Gasteiger partial charge in [0.05, 0.1) is 18.6 Å². The Bertz CT molecular complexity index is 892. The van der Waals surface area contributed by atoms with Gasteiger partial charge in [0.25, 0.3) is 0 Å². The molecule has 2 aromatic rings. The maximum atomic E-state index is 13.2. The number of piperazine rings is 1. The number of amides is 1. The number of benzene rings is 2. The Hall–Kier alpha value is -3.10. The molecule has 0 bridgehead atoms. The molecule has 1 aliphatic heterocycles. The molecule has 1 heterocycles. The third-order valence-corrected chi connectivity index (χ3v) is 4.88. The van der Waals surface area contributed by atoms with Gasteiger partial charge in [-0.15, -0.1) is 0 Å². The molecular weight excluding hydrogens is 404 g/mol. The van der Waals surface area contributed by atoms with Crippen molar-refractivity contribution in [3.05, 3.63) is 59.4 Å². The largest absolute Gasteiger partial charge is 0.493 e. The molecular formula is C21H20F4N2O3. The Balaban J connectivity index is 1.55. The summed E-state index contributed by atoms with van der Waals surface area (Å²) < 4.78 is 57.7. The van der Waals surface area contributed by atoms with Gasteiger partial charge < -0.3 is 14.5 Å². The molecule has 1 saturated heterocycles. The van der Waals surface area contributed by atoms with Gasteiger partial charge in [0.2, 0.25) is 5.91 Å². The van der Waals surface area contributed by atoms with E-state index in [1.807, 2.05) is 0 Å². The van der Waals surface area contributed by atoms with Gasteiger partial charge >= 0.3 is 6.18 Å². The van der Waals surface area contributed by atoms with E-state index in [2.05, 4.69) is 0 Å². The highest BCUT2D eigenvalue weighted by Crippen LogP contribution is 2.35. The Labute approximate surface area is 170 Å². The fourth-order valence-corrected chi connectivity index (χ4v) is 3.34. The molecule has 3 rings (SSSR count). The number of nitrogens with zero attached hydrogens (tertiary/aromatic N) is 2. The fraction of sp³-hybridized carbons (Fsp3) is 0.333. The first kappa shape index (κ1) is 21.6. The lowest BCUT2D eigenvalue weighted by atomic mass is 10.0. The summed E-state index contributed by atoms with van der Waals surface area (Å²) in [7, 11) is 0. The molecule has 5 nitrogen and oxygen atoms in total. The topological polar surface area (TPSA) is 49.9 Å². The van der Waals surface area contributed by atoms with Crippen molar-refractivity contribution in [2.45, 2.75) is 12.6 Å². The number of carbonyl (C=O) groups is 2. The zero-order chi connectivity index (χ0) is 21.7. The lowest BCUT2D eigenvalue weighted by molar-refractivity contribution is -0.137. The predicted octanol–water partition coefficient (Wildman–Crippen LogP) is 3.77. The quantitative estimate of drug-likeness (QED) is 0.523. The molecule has 2 aromatic carbocycles. The maximum absolute atomic E-state index is 13.2. The van der Waals surface area contributed by atoms with Gasteiger partial charge in [-0.2, -0.15) is 13.2 Å². The molecule has 1 amide bonds. The van der Waals surface area contributed by atoms with Crippen molar-refractivity contribution in [1.82, 2.24) is 4.90 Å². The summed E-state index contributed by atoms with van der Waals surface area (Å²) in [4.78, 5) is 27.0. The number of rotatable bonds is 6. The molecule has 0 aromatic heterocycles. The van der Waals surface area contributed by atoms with Crippen molar-refractivity contribution in [3.63, 3.8) is 0 Å². The van der Waals surface area contributed by atoms with Crippen LogP contribution in [0.15, 0.2) is 42.5 Å². The molecule has 0 saturated carbocycles. The van der Waals surface area contributed by atoms with Crippen LogP contribution in [0.5, 0.6) is 5.75 Å². The first-order valence-electron chi connectivity index (χ1n) is 9.36. The van der Waals surface area contributed by atoms with E-state index < -0.39 is 17.3 Å². The minimum atomic E-state index is -4.62. The molecule has 0 N–H and O–H groups in total. The summed E-state index contributed by atoms with van der Waals surface area (Å²) in [6, 6.07) is 9.10. The smallest absolute Gasteiger partial charge is 0.417 e. The first-order chi connectivity index (χ1) is 14.3. The summed E-state index contributed by atoms with van der Waals surface area (Å²) in [5.74, 6) is -0.0637. The Morgan fingerprint density at radius 2 is 1.70 bits per heavy atom. The Morgan fingerprint density at radius 3 is 2.30 bits per heavy atom. The molecule has 0 spiro atoms. The van der Waals surface area contributed by atoms with E-state index in [9.17, 15) is 27.2 Å². The maximum Gasteiger partial charge on any atom is 0.417 e. The number of alkyl halides is 3. The molecule has 9 heteroatoms. The molecule has 30 heavy (non-hydrogen) atoms. The van der Waals surface area contributed by atoms with Gasteiger partial charge in [-0.3, -0.25) is 9.59 Å². The van der Waals surface area contributed by atoms with Crippen molar-refractivity contribution in [1.29, 1.82) is 0 Å². The van der Waals surface area contributed by atoms with Crippen LogP contribution in [0.4, 0.5) is 23.2 Å². The third-order valence-electron chi connectivity index (χ3n) is 4.88. The molecule has 0 aliphatic carbocycles. The second-order valence-corrected chi connectivity index (χ2v) is 6.77. The number of hydrogen-bond donors (Lipinski definition) is 0. The number of halogens is 4. The second kappa shape index (κ2) is 9.15. The highest BCUT2D eigenvalue weighted by atomic mass is 19.4. The number of hydrogen-bond acceptors (Lipinski definition) is 4. The van der Waals surface area contributed by atoms with Gasteiger partial charge in [0.15, 0.2) is 6.29 Å². The normalized spacial score (nSPS) is 14.5. The molecule has 1 fully saturated rings. The van der Waals surface area contributed by atoms with Gasteiger partial charge in [-0.25, -0.2) is 4.39 Å². The lowest BCUT2D eigenvalue weighted by Gasteiger charge is -2.37. The average Bonchev–Trinajstić information content (AvgIpc) is 2.74. The summed E-state index contributed by atoms with van der Waals surface area (Å²) >= 11 is 0. The predicted molar refractivity (Wildman–Crippen MR) is 102 cm³/mol. The van der Waals surface area contributed by atoms with E-state index >= 15 is 0 Å². The van der Waals surface area contributed by atoms with Crippen molar-refractivity contribution in [2.75, 3.05) is 37.7 Å². The van der Waals surface area contributed by atoms with Crippen LogP contribution in [0, 0.1) is 5.82 Å². The minimum Gasteiger partial charge on any atom is -0.493 e. The van der Waals surface area contributed by atoms with Crippen LogP contribution >= 0.6 is 0 Å². The van der Waals surface area contributed by atoms with Gasteiger partial charge in [-0.1, -0.05) is 6.07 Å². The van der Waals surface area contributed by atoms with E-state index in [-0.39, 0.29) is 36.7 Å². The average molecular weight is 424 g/mol. The van der Waals surface area contributed by atoms with E-state index in [0.29, 0.717) is 31.9 Å². The minimum absolute atomic E-state index is 0.126. The number of carbonyl (C=O) groups excluding carboxylic acids is 2. The van der Waals surface area contributed by atoms with Crippen molar-refractivity contribution < 1.29 is 31.9 Å². The van der Waals surface area contributed by atoms with Crippen LogP contribution in [0.3, 0.4) is 0 Å². The lowest BCUT2D eigenvalue weighted by Crippen LogP contribution is -2.49. The Morgan fingerprint density at radius 1 is 1.03 bits per heavy atom. The van der Waals surface area contributed by atoms with E-state index in [4.69, 9.17) is 4.74 Å². The SMILES string of the molecule is O=Cc1c(N2CCN(C(=O)CCOc3ccc(F)cc3)CC2)cccc1C(F)(F)F. The fourth-order valence-electron chi connectivity index (χ4n) is 3.34. The molecule has 1 aliphatic rings. The number of ether oxygens (including phenoxy) is 1. The third kappa shape index (κ3) is 5.08. The van der Waals surface area contributed by atoms with Crippen LogP contribution in [0.2, 0.25) is 0 Å². The molecule has 0 radical (unpaired) electrons. The first-order valence-corrected chi connectivity index (χ1v) is 9.36. The Kier molecular flexibility index (Phi) is 6.59. The van der Waals surface area contributed by atoms with Gasteiger partial charge in [-0.05, 0) is 36.4 Å². The van der Waals surface area contributed by atoms with Crippen LogP contribution in [-0.2, 0) is 11.0 Å². The summed E-state index contributed by atoms with van der Waals surface area (Å²) in [6.07, 6.45) is -4.27. The summed E-state index contributed by atoms with van der Waals surface area (Å²) in [5.41, 5.74) is -1.14.